The summed E-state index contributed by atoms with van der Waals surface area (Å²) in [5, 5.41) is 8.65. The van der Waals surface area contributed by atoms with Crippen LogP contribution in [0.5, 0.6) is 0 Å². The lowest BCUT2D eigenvalue weighted by Crippen LogP contribution is -2.24. The first kappa shape index (κ1) is 10.8. The van der Waals surface area contributed by atoms with E-state index >= 15 is 0 Å². The Kier molecular flexibility index (Phi) is 3.02. The quantitative estimate of drug-likeness (QED) is 0.735. The van der Waals surface area contributed by atoms with Crippen LogP contribution in [0.1, 0.15) is 12.5 Å². The van der Waals surface area contributed by atoms with Gasteiger partial charge in [0.05, 0.1) is 24.1 Å². The third-order valence-electron chi connectivity index (χ3n) is 2.90. The normalized spacial score (nSPS) is 24.4. The van der Waals surface area contributed by atoms with Crippen LogP contribution in [0.3, 0.4) is 0 Å². The summed E-state index contributed by atoms with van der Waals surface area (Å²) in [5.41, 5.74) is 0.485. The van der Waals surface area contributed by atoms with Crippen LogP contribution in [0.15, 0.2) is 12.4 Å². The fourth-order valence-corrected chi connectivity index (χ4v) is 1.95. The largest absolute Gasteiger partial charge is 0.379 e. The molecule has 84 valence electrons. The molecule has 2 atom stereocenters. The van der Waals surface area contributed by atoms with E-state index in [1.165, 1.54) is 0 Å². The molecular weight excluding hydrogens is 204 g/mol. The smallest absolute Gasteiger partial charge is 0.225 e. The van der Waals surface area contributed by atoms with Gasteiger partial charge in [-0.3, -0.25) is 0 Å². The second kappa shape index (κ2) is 4.45. The highest BCUT2D eigenvalue weighted by Crippen LogP contribution is 2.22. The van der Waals surface area contributed by atoms with E-state index in [9.17, 15) is 0 Å². The lowest BCUT2D eigenvalue weighted by Gasteiger charge is -2.15. The highest BCUT2D eigenvalue weighted by molar-refractivity contribution is 5.35. The molecule has 16 heavy (non-hydrogen) atoms. The number of anilines is 1. The molecule has 2 unspecified atom stereocenters. The molecular formula is C11H14N4O. The van der Waals surface area contributed by atoms with E-state index in [1.54, 1.807) is 19.5 Å². The first-order chi connectivity index (χ1) is 7.74. The lowest BCUT2D eigenvalue weighted by molar-refractivity contribution is 0.0899. The molecule has 1 aliphatic heterocycles. The summed E-state index contributed by atoms with van der Waals surface area (Å²) >= 11 is 0. The molecule has 0 aliphatic carbocycles. The van der Waals surface area contributed by atoms with Gasteiger partial charge in [0.2, 0.25) is 5.95 Å². The number of nitriles is 1. The Hall–Kier alpha value is -1.67. The van der Waals surface area contributed by atoms with Gasteiger partial charge in [-0.1, -0.05) is 6.92 Å². The maximum absolute atomic E-state index is 8.65. The van der Waals surface area contributed by atoms with Crippen molar-refractivity contribution in [2.75, 3.05) is 25.1 Å². The highest BCUT2D eigenvalue weighted by atomic mass is 16.5. The predicted molar refractivity (Wildman–Crippen MR) is 58.9 cm³/mol. The maximum atomic E-state index is 8.65. The van der Waals surface area contributed by atoms with Crippen molar-refractivity contribution in [3.63, 3.8) is 0 Å². The number of nitrogens with zero attached hydrogens (tertiary/aromatic N) is 4. The van der Waals surface area contributed by atoms with Crippen molar-refractivity contribution in [3.8, 4) is 6.07 Å². The summed E-state index contributed by atoms with van der Waals surface area (Å²) < 4.78 is 5.37. The maximum Gasteiger partial charge on any atom is 0.225 e. The summed E-state index contributed by atoms with van der Waals surface area (Å²) in [5.74, 6) is 1.15. The van der Waals surface area contributed by atoms with Gasteiger partial charge in [-0.2, -0.15) is 5.26 Å². The van der Waals surface area contributed by atoms with Gasteiger partial charge in [0.15, 0.2) is 0 Å². The molecule has 0 bridgehead atoms. The van der Waals surface area contributed by atoms with Crippen LogP contribution in [-0.4, -0.2) is 36.3 Å². The van der Waals surface area contributed by atoms with Gasteiger partial charge < -0.3 is 9.64 Å². The topological polar surface area (TPSA) is 62.0 Å². The molecule has 0 saturated carbocycles. The molecule has 0 amide bonds. The Morgan fingerprint density at radius 2 is 2.12 bits per heavy atom. The van der Waals surface area contributed by atoms with Gasteiger partial charge in [0, 0.05) is 26.1 Å². The van der Waals surface area contributed by atoms with E-state index in [-0.39, 0.29) is 6.10 Å². The molecule has 0 aromatic carbocycles. The van der Waals surface area contributed by atoms with Crippen molar-refractivity contribution in [3.05, 3.63) is 18.0 Å². The zero-order chi connectivity index (χ0) is 11.5. The van der Waals surface area contributed by atoms with E-state index in [4.69, 9.17) is 10.00 Å². The fourth-order valence-electron chi connectivity index (χ4n) is 1.95. The zero-order valence-corrected chi connectivity index (χ0v) is 9.42. The van der Waals surface area contributed by atoms with Gasteiger partial charge >= 0.3 is 0 Å². The number of hydrogen-bond donors (Lipinski definition) is 0. The Labute approximate surface area is 94.7 Å². The summed E-state index contributed by atoms with van der Waals surface area (Å²) in [6.45, 7) is 3.85. The van der Waals surface area contributed by atoms with Gasteiger partial charge in [0.1, 0.15) is 6.07 Å². The highest BCUT2D eigenvalue weighted by Gasteiger charge is 2.30. The monoisotopic (exact) mass is 218 g/mol. The fraction of sp³-hybridized carbons (Fsp3) is 0.545. The first-order valence-corrected chi connectivity index (χ1v) is 5.24. The zero-order valence-electron chi connectivity index (χ0n) is 9.42. The number of methoxy groups -OCH3 is 1. The Morgan fingerprint density at radius 3 is 2.62 bits per heavy atom. The molecule has 0 spiro atoms. The van der Waals surface area contributed by atoms with E-state index in [0.29, 0.717) is 17.4 Å². The van der Waals surface area contributed by atoms with Gasteiger partial charge in [-0.05, 0) is 0 Å². The van der Waals surface area contributed by atoms with Crippen LogP contribution in [0.25, 0.3) is 0 Å². The van der Waals surface area contributed by atoms with Crippen molar-refractivity contribution >= 4 is 5.95 Å². The average molecular weight is 218 g/mol. The minimum Gasteiger partial charge on any atom is -0.379 e. The molecule has 0 N–H and O–H groups in total. The summed E-state index contributed by atoms with van der Waals surface area (Å²) in [6, 6.07) is 2.01. The van der Waals surface area contributed by atoms with E-state index in [0.717, 1.165) is 13.1 Å². The molecule has 1 saturated heterocycles. The molecule has 2 heterocycles. The number of aromatic nitrogens is 2. The lowest BCUT2D eigenvalue weighted by atomic mass is 10.1. The van der Waals surface area contributed by atoms with Crippen LogP contribution < -0.4 is 4.90 Å². The first-order valence-electron chi connectivity index (χ1n) is 5.24. The molecule has 1 fully saturated rings. The molecule has 5 heteroatoms. The van der Waals surface area contributed by atoms with E-state index < -0.39 is 0 Å². The number of ether oxygens (including phenoxy) is 1. The molecule has 1 aromatic heterocycles. The van der Waals surface area contributed by atoms with Gasteiger partial charge in [-0.15, -0.1) is 0 Å². The summed E-state index contributed by atoms with van der Waals surface area (Å²) in [7, 11) is 1.73. The van der Waals surface area contributed by atoms with Crippen LogP contribution >= 0.6 is 0 Å². The molecule has 5 nitrogen and oxygen atoms in total. The van der Waals surface area contributed by atoms with Crippen LogP contribution in [0, 0.1) is 17.2 Å². The molecule has 2 rings (SSSR count). The van der Waals surface area contributed by atoms with Crippen LogP contribution in [0.4, 0.5) is 5.95 Å². The van der Waals surface area contributed by atoms with Crippen LogP contribution in [-0.2, 0) is 4.74 Å². The van der Waals surface area contributed by atoms with Crippen molar-refractivity contribution in [1.29, 1.82) is 5.26 Å². The second-order valence-electron chi connectivity index (χ2n) is 4.04. The predicted octanol–water partition coefficient (Wildman–Crippen LogP) is 0.819. The Morgan fingerprint density at radius 1 is 1.44 bits per heavy atom. The minimum atomic E-state index is 0.235. The summed E-state index contributed by atoms with van der Waals surface area (Å²) in [4.78, 5) is 10.4. The van der Waals surface area contributed by atoms with Gasteiger partial charge in [0.25, 0.3) is 0 Å². The standard InChI is InChI=1S/C11H14N4O/c1-8-6-15(7-10(8)16-2)11-13-4-9(3-12)5-14-11/h4-5,8,10H,6-7H2,1-2H3. The minimum absolute atomic E-state index is 0.235. The van der Waals surface area contributed by atoms with Crippen molar-refractivity contribution in [2.45, 2.75) is 13.0 Å². The van der Waals surface area contributed by atoms with Crippen molar-refractivity contribution in [2.24, 2.45) is 5.92 Å². The Bertz CT molecular complexity index is 397. The molecule has 1 aromatic rings. The average Bonchev–Trinajstić information content (AvgIpc) is 2.71. The van der Waals surface area contributed by atoms with Gasteiger partial charge in [-0.25, -0.2) is 9.97 Å². The van der Waals surface area contributed by atoms with Crippen molar-refractivity contribution in [1.82, 2.24) is 9.97 Å². The van der Waals surface area contributed by atoms with Crippen molar-refractivity contribution < 1.29 is 4.74 Å². The van der Waals surface area contributed by atoms with Crippen LogP contribution in [0.2, 0.25) is 0 Å². The third kappa shape index (κ3) is 1.97. The second-order valence-corrected chi connectivity index (χ2v) is 4.04. The van der Waals surface area contributed by atoms with E-state index in [2.05, 4.69) is 21.8 Å². The number of rotatable bonds is 2. The van der Waals surface area contributed by atoms with E-state index in [1.807, 2.05) is 6.07 Å². The molecule has 0 radical (unpaired) electrons. The Balaban J connectivity index is 2.11. The third-order valence-corrected chi connectivity index (χ3v) is 2.90. The SMILES string of the molecule is COC1CN(c2ncc(C#N)cn2)CC1C. The summed E-state index contributed by atoms with van der Waals surface area (Å²) in [6.07, 6.45) is 3.33. The molecule has 1 aliphatic rings. The number of hydrogen-bond acceptors (Lipinski definition) is 5.